The Morgan fingerprint density at radius 1 is 1.32 bits per heavy atom. The van der Waals surface area contributed by atoms with Gasteiger partial charge >= 0.3 is 0 Å². The molecule has 0 aliphatic rings. The van der Waals surface area contributed by atoms with Crippen molar-refractivity contribution in [3.63, 3.8) is 0 Å². The number of hydrogen-bond acceptors (Lipinski definition) is 5. The molecule has 2 rings (SSSR count). The van der Waals surface area contributed by atoms with E-state index in [1.807, 2.05) is 13.8 Å². The number of nitrogens with one attached hydrogen (secondary N) is 1. The fourth-order valence-electron chi connectivity index (χ4n) is 1.56. The van der Waals surface area contributed by atoms with Crippen molar-refractivity contribution in [3.8, 4) is 11.6 Å². The van der Waals surface area contributed by atoms with E-state index in [9.17, 15) is 4.39 Å². The number of anilines is 2. The van der Waals surface area contributed by atoms with Gasteiger partial charge in [-0.1, -0.05) is 6.07 Å². The van der Waals surface area contributed by atoms with Crippen LogP contribution in [-0.4, -0.2) is 16.5 Å². The number of nitrogens with two attached hydrogens (primary N) is 1. The van der Waals surface area contributed by atoms with Crippen molar-refractivity contribution in [1.82, 2.24) is 9.97 Å². The minimum Gasteiger partial charge on any atom is -0.438 e. The maximum Gasteiger partial charge on any atom is 0.226 e. The fourth-order valence-corrected chi connectivity index (χ4v) is 1.56. The van der Waals surface area contributed by atoms with Gasteiger partial charge in [0.25, 0.3) is 0 Å². The van der Waals surface area contributed by atoms with Crippen molar-refractivity contribution in [3.05, 3.63) is 35.6 Å². The van der Waals surface area contributed by atoms with Crippen LogP contribution in [0, 0.1) is 12.7 Å². The summed E-state index contributed by atoms with van der Waals surface area (Å²) in [6.07, 6.45) is 0. The summed E-state index contributed by atoms with van der Waals surface area (Å²) in [6, 6.07) is 5.94. The quantitative estimate of drug-likeness (QED) is 0.886. The van der Waals surface area contributed by atoms with Gasteiger partial charge < -0.3 is 15.8 Å². The van der Waals surface area contributed by atoms with Gasteiger partial charge in [0.2, 0.25) is 11.8 Å². The molecule has 3 N–H and O–H groups in total. The Balaban J connectivity index is 2.29. The zero-order valence-electron chi connectivity index (χ0n) is 10.8. The lowest BCUT2D eigenvalue weighted by Crippen LogP contribution is -2.04. The van der Waals surface area contributed by atoms with Crippen LogP contribution < -0.4 is 15.8 Å². The second kappa shape index (κ2) is 5.51. The standard InChI is InChI=1S/C13H15FN4O/c1-3-16-11-7-12(18-13(15)17-11)19-10-6-9(14)5-4-8(10)2/h4-7H,3H2,1-2H3,(H3,15,16,17,18). The molecule has 2 aromatic rings. The summed E-state index contributed by atoms with van der Waals surface area (Å²) in [5.74, 6) is 0.980. The highest BCUT2D eigenvalue weighted by molar-refractivity contribution is 5.44. The molecule has 0 saturated carbocycles. The van der Waals surface area contributed by atoms with Crippen LogP contribution in [0.4, 0.5) is 16.2 Å². The molecule has 1 aromatic carbocycles. The summed E-state index contributed by atoms with van der Waals surface area (Å²) in [5, 5.41) is 3.02. The summed E-state index contributed by atoms with van der Waals surface area (Å²) < 4.78 is 18.7. The van der Waals surface area contributed by atoms with Gasteiger partial charge in [0.05, 0.1) is 0 Å². The molecule has 6 heteroatoms. The number of halogens is 1. The Kier molecular flexibility index (Phi) is 3.79. The average Bonchev–Trinajstić information content (AvgIpc) is 2.33. The molecule has 0 spiro atoms. The maximum atomic E-state index is 13.2. The van der Waals surface area contributed by atoms with Crippen LogP contribution in [0.2, 0.25) is 0 Å². The minimum absolute atomic E-state index is 0.0995. The Morgan fingerprint density at radius 2 is 2.11 bits per heavy atom. The molecule has 1 aromatic heterocycles. The molecule has 0 amide bonds. The van der Waals surface area contributed by atoms with Crippen molar-refractivity contribution in [1.29, 1.82) is 0 Å². The third kappa shape index (κ3) is 3.31. The smallest absolute Gasteiger partial charge is 0.226 e. The van der Waals surface area contributed by atoms with E-state index in [1.165, 1.54) is 12.1 Å². The normalized spacial score (nSPS) is 10.3. The molecule has 0 unspecified atom stereocenters. The molecule has 0 aliphatic carbocycles. The van der Waals surface area contributed by atoms with Crippen molar-refractivity contribution in [2.45, 2.75) is 13.8 Å². The van der Waals surface area contributed by atoms with Gasteiger partial charge in [0.15, 0.2) is 0 Å². The topological polar surface area (TPSA) is 73.1 Å². The van der Waals surface area contributed by atoms with E-state index in [-0.39, 0.29) is 17.6 Å². The van der Waals surface area contributed by atoms with E-state index in [0.29, 0.717) is 18.1 Å². The molecule has 0 radical (unpaired) electrons. The zero-order valence-corrected chi connectivity index (χ0v) is 10.8. The first-order chi connectivity index (χ1) is 9.08. The SMILES string of the molecule is CCNc1cc(Oc2cc(F)ccc2C)nc(N)n1. The molecule has 0 fully saturated rings. The van der Waals surface area contributed by atoms with Gasteiger partial charge in [-0.25, -0.2) is 4.39 Å². The van der Waals surface area contributed by atoms with E-state index >= 15 is 0 Å². The predicted octanol–water partition coefficient (Wildman–Crippen LogP) is 2.73. The van der Waals surface area contributed by atoms with E-state index in [2.05, 4.69) is 15.3 Å². The van der Waals surface area contributed by atoms with Gasteiger partial charge in [-0.3, -0.25) is 0 Å². The Bertz CT molecular complexity index is 589. The fraction of sp³-hybridized carbons (Fsp3) is 0.231. The highest BCUT2D eigenvalue weighted by Crippen LogP contribution is 2.26. The number of hydrogen-bond donors (Lipinski definition) is 2. The van der Waals surface area contributed by atoms with Crippen molar-refractivity contribution in [2.24, 2.45) is 0 Å². The number of nitrogen functional groups attached to an aromatic ring is 1. The van der Waals surface area contributed by atoms with Crippen LogP contribution in [0.1, 0.15) is 12.5 Å². The Morgan fingerprint density at radius 3 is 2.84 bits per heavy atom. The molecule has 0 atom stereocenters. The number of aromatic nitrogens is 2. The van der Waals surface area contributed by atoms with Gasteiger partial charge in [-0.15, -0.1) is 0 Å². The maximum absolute atomic E-state index is 13.2. The van der Waals surface area contributed by atoms with Crippen LogP contribution in [0.25, 0.3) is 0 Å². The largest absolute Gasteiger partial charge is 0.438 e. The number of nitrogens with zero attached hydrogens (tertiary/aromatic N) is 2. The first-order valence-electron chi connectivity index (χ1n) is 5.91. The minimum atomic E-state index is -0.366. The first-order valence-corrected chi connectivity index (χ1v) is 5.91. The number of ether oxygens (including phenoxy) is 1. The summed E-state index contributed by atoms with van der Waals surface area (Å²) in [5.41, 5.74) is 6.40. The third-order valence-corrected chi connectivity index (χ3v) is 2.44. The molecule has 5 nitrogen and oxygen atoms in total. The molecule has 100 valence electrons. The van der Waals surface area contributed by atoms with Gasteiger partial charge in [0, 0.05) is 18.7 Å². The van der Waals surface area contributed by atoms with Crippen LogP contribution in [0.5, 0.6) is 11.6 Å². The van der Waals surface area contributed by atoms with Crippen molar-refractivity contribution in [2.75, 3.05) is 17.6 Å². The number of benzene rings is 1. The second-order valence-electron chi connectivity index (χ2n) is 3.99. The summed E-state index contributed by atoms with van der Waals surface area (Å²) >= 11 is 0. The molecule has 0 saturated heterocycles. The molecule has 0 bridgehead atoms. The zero-order chi connectivity index (χ0) is 13.8. The van der Waals surface area contributed by atoms with E-state index in [4.69, 9.17) is 10.5 Å². The first kappa shape index (κ1) is 13.1. The molecular formula is C13H15FN4O. The Hall–Kier alpha value is -2.37. The second-order valence-corrected chi connectivity index (χ2v) is 3.99. The highest BCUT2D eigenvalue weighted by Gasteiger charge is 2.07. The summed E-state index contributed by atoms with van der Waals surface area (Å²) in [4.78, 5) is 7.97. The van der Waals surface area contributed by atoms with Gasteiger partial charge in [-0.2, -0.15) is 9.97 Å². The molecular weight excluding hydrogens is 247 g/mol. The van der Waals surface area contributed by atoms with Crippen molar-refractivity contribution < 1.29 is 9.13 Å². The van der Waals surface area contributed by atoms with Crippen LogP contribution in [-0.2, 0) is 0 Å². The lowest BCUT2D eigenvalue weighted by molar-refractivity contribution is 0.454. The monoisotopic (exact) mass is 262 g/mol. The van der Waals surface area contributed by atoms with E-state index in [0.717, 1.165) is 5.56 Å². The number of rotatable bonds is 4. The Labute approximate surface area is 110 Å². The van der Waals surface area contributed by atoms with Crippen molar-refractivity contribution >= 4 is 11.8 Å². The molecule has 19 heavy (non-hydrogen) atoms. The highest BCUT2D eigenvalue weighted by atomic mass is 19.1. The summed E-state index contributed by atoms with van der Waals surface area (Å²) in [7, 11) is 0. The van der Waals surface area contributed by atoms with Crippen LogP contribution in [0.15, 0.2) is 24.3 Å². The molecule has 1 heterocycles. The van der Waals surface area contributed by atoms with E-state index < -0.39 is 0 Å². The average molecular weight is 262 g/mol. The predicted molar refractivity (Wildman–Crippen MR) is 71.8 cm³/mol. The molecule has 0 aliphatic heterocycles. The van der Waals surface area contributed by atoms with E-state index in [1.54, 1.807) is 12.1 Å². The lowest BCUT2D eigenvalue weighted by atomic mass is 10.2. The lowest BCUT2D eigenvalue weighted by Gasteiger charge is -2.10. The summed E-state index contributed by atoms with van der Waals surface area (Å²) in [6.45, 7) is 4.47. The third-order valence-electron chi connectivity index (χ3n) is 2.44. The van der Waals surface area contributed by atoms with Crippen LogP contribution in [0.3, 0.4) is 0 Å². The van der Waals surface area contributed by atoms with Crippen LogP contribution >= 0.6 is 0 Å². The van der Waals surface area contributed by atoms with Gasteiger partial charge in [-0.05, 0) is 25.5 Å². The van der Waals surface area contributed by atoms with Gasteiger partial charge in [0.1, 0.15) is 17.4 Å². The number of aryl methyl sites for hydroxylation is 1.